The molecule has 0 heterocycles. The Kier molecular flexibility index (Phi) is 44.2. The molecule has 0 aliphatic carbocycles. The molecule has 9 heteroatoms. The third-order valence-corrected chi connectivity index (χ3v) is 12.1. The van der Waals surface area contributed by atoms with Crippen molar-refractivity contribution in [3.05, 3.63) is 85.1 Å². The van der Waals surface area contributed by atoms with E-state index in [1.165, 1.54) is 109 Å². The molecule has 0 saturated carbocycles. The number of carbonyl (C=O) groups is 1. The third kappa shape index (κ3) is 47.6. The van der Waals surface area contributed by atoms with E-state index in [9.17, 15) is 19.4 Å². The lowest BCUT2D eigenvalue weighted by Crippen LogP contribution is -2.45. The first kappa shape index (κ1) is 61.7. The standard InChI is InChI=1S/C55H99N2O6P/c1-6-8-10-12-14-16-18-20-22-24-26-28-30-32-34-36-38-40-42-44-46-48-54(58)53(52-63-64(60,61)62-51-50-57(3,4)5)56-55(59)49-47-45-43-41-39-37-35-33-31-29-27-25-23-21-19-17-15-13-11-9-7-2/h9,11,15,17,21,23,27,29,33,35,39,41,46,48,53-54,58H,6-8,10,12-14,16,18-20,22,24-26,28,30-32,34,36-38,40,42-45,47,49-52H2,1-5H3,(H-,56,59,60,61)/p+1/b11-9-,17-15-,23-21-,29-27-,35-33-,41-39-,48-46+. The Labute approximate surface area is 395 Å². The minimum atomic E-state index is -4.36. The van der Waals surface area contributed by atoms with E-state index in [2.05, 4.69) is 92.1 Å². The van der Waals surface area contributed by atoms with E-state index in [0.717, 1.165) is 70.6 Å². The van der Waals surface area contributed by atoms with Gasteiger partial charge in [-0.2, -0.15) is 0 Å². The molecule has 0 saturated heterocycles. The summed E-state index contributed by atoms with van der Waals surface area (Å²) < 4.78 is 23.6. The summed E-state index contributed by atoms with van der Waals surface area (Å²) in [7, 11) is 1.53. The summed E-state index contributed by atoms with van der Waals surface area (Å²) in [6, 6.07) is -0.875. The summed E-state index contributed by atoms with van der Waals surface area (Å²) >= 11 is 0. The van der Waals surface area contributed by atoms with Crippen LogP contribution < -0.4 is 5.32 Å². The van der Waals surface area contributed by atoms with E-state index >= 15 is 0 Å². The second-order valence-electron chi connectivity index (χ2n) is 18.5. The van der Waals surface area contributed by atoms with E-state index in [1.807, 2.05) is 27.2 Å². The molecular weight excluding hydrogens is 816 g/mol. The molecule has 0 aromatic heterocycles. The zero-order chi connectivity index (χ0) is 47.1. The number of amides is 1. The number of nitrogens with one attached hydrogen (secondary N) is 1. The minimum Gasteiger partial charge on any atom is -0.387 e. The van der Waals surface area contributed by atoms with Gasteiger partial charge < -0.3 is 19.8 Å². The number of quaternary nitrogens is 1. The molecule has 3 unspecified atom stereocenters. The fourth-order valence-electron chi connectivity index (χ4n) is 7.04. The summed E-state index contributed by atoms with van der Waals surface area (Å²) in [5.74, 6) is -0.221. The monoisotopic (exact) mass is 916 g/mol. The van der Waals surface area contributed by atoms with Crippen molar-refractivity contribution in [1.82, 2.24) is 5.32 Å². The first-order chi connectivity index (χ1) is 31.0. The van der Waals surface area contributed by atoms with E-state index in [0.29, 0.717) is 23.9 Å². The Balaban J connectivity index is 4.42. The quantitative estimate of drug-likeness (QED) is 0.0243. The van der Waals surface area contributed by atoms with Crippen LogP contribution in [0, 0.1) is 0 Å². The van der Waals surface area contributed by atoms with E-state index in [-0.39, 0.29) is 19.1 Å². The van der Waals surface area contributed by atoms with Gasteiger partial charge in [-0.15, -0.1) is 0 Å². The van der Waals surface area contributed by atoms with Crippen LogP contribution in [-0.4, -0.2) is 73.4 Å². The maximum Gasteiger partial charge on any atom is 0.472 e. The zero-order valence-electron chi connectivity index (χ0n) is 42.0. The number of allylic oxidation sites excluding steroid dienone is 13. The van der Waals surface area contributed by atoms with Gasteiger partial charge >= 0.3 is 7.82 Å². The summed E-state index contributed by atoms with van der Waals surface area (Å²) in [6.07, 6.45) is 63.8. The average molecular weight is 916 g/mol. The van der Waals surface area contributed by atoms with Gasteiger partial charge in [0.1, 0.15) is 13.2 Å². The lowest BCUT2D eigenvalue weighted by Gasteiger charge is -2.25. The molecule has 1 amide bonds. The fourth-order valence-corrected chi connectivity index (χ4v) is 7.78. The molecule has 0 aliphatic rings. The summed E-state index contributed by atoms with van der Waals surface area (Å²) in [5, 5.41) is 13.9. The average Bonchev–Trinajstić information content (AvgIpc) is 3.25. The van der Waals surface area contributed by atoms with E-state index in [1.54, 1.807) is 6.08 Å². The Hall–Kier alpha value is -2.32. The van der Waals surface area contributed by atoms with Crippen molar-refractivity contribution in [1.29, 1.82) is 0 Å². The number of phosphoric acid groups is 1. The molecule has 0 radical (unpaired) electrons. The number of aliphatic hydroxyl groups excluding tert-OH is 1. The Morgan fingerprint density at radius 2 is 0.938 bits per heavy atom. The Bertz CT molecular complexity index is 1310. The van der Waals surface area contributed by atoms with Gasteiger partial charge in [0.05, 0.1) is 39.9 Å². The van der Waals surface area contributed by atoms with E-state index in [4.69, 9.17) is 9.05 Å². The van der Waals surface area contributed by atoms with Crippen molar-refractivity contribution in [2.45, 2.75) is 219 Å². The van der Waals surface area contributed by atoms with Crippen LogP contribution in [0.4, 0.5) is 0 Å². The van der Waals surface area contributed by atoms with Crippen LogP contribution in [0.1, 0.15) is 206 Å². The number of hydrogen-bond acceptors (Lipinski definition) is 5. The number of likely N-dealkylation sites (N-methyl/N-ethyl adjacent to an activating group) is 1. The molecule has 370 valence electrons. The normalized spacial score (nSPS) is 14.8. The van der Waals surface area contributed by atoms with Crippen LogP contribution in [0.5, 0.6) is 0 Å². The molecule has 0 spiro atoms. The van der Waals surface area contributed by atoms with Gasteiger partial charge in [-0.3, -0.25) is 13.8 Å². The molecule has 0 aliphatic heterocycles. The van der Waals surface area contributed by atoms with Gasteiger partial charge in [-0.25, -0.2) is 4.57 Å². The van der Waals surface area contributed by atoms with Crippen molar-refractivity contribution in [3.8, 4) is 0 Å². The molecule has 0 aromatic rings. The third-order valence-electron chi connectivity index (χ3n) is 11.1. The first-order valence-electron chi connectivity index (χ1n) is 26.0. The number of phosphoric ester groups is 1. The SMILES string of the molecule is CC/C=C\C/C=C\C/C=C\C/C=C\C/C=C\C/C=C\CCCCC(=O)NC(COP(=O)(O)OCC[N+](C)(C)C)C(O)/C=C/CCCCCCCCCCCCCCCCCCCCC. The van der Waals surface area contributed by atoms with Crippen molar-refractivity contribution >= 4 is 13.7 Å². The maximum atomic E-state index is 12.9. The number of hydrogen-bond donors (Lipinski definition) is 3. The number of unbranched alkanes of at least 4 members (excludes halogenated alkanes) is 21. The molecule has 0 aromatic carbocycles. The number of rotatable bonds is 46. The van der Waals surface area contributed by atoms with E-state index < -0.39 is 20.0 Å². The topological polar surface area (TPSA) is 105 Å². The molecule has 3 atom stereocenters. The summed E-state index contributed by atoms with van der Waals surface area (Å²) in [6.45, 7) is 4.67. The fraction of sp³-hybridized carbons (Fsp3) is 0.727. The number of nitrogens with zero attached hydrogens (tertiary/aromatic N) is 1. The van der Waals surface area contributed by atoms with Gasteiger partial charge in [-0.1, -0.05) is 214 Å². The smallest absolute Gasteiger partial charge is 0.387 e. The maximum absolute atomic E-state index is 12.9. The van der Waals surface area contributed by atoms with Crippen molar-refractivity contribution in [2.75, 3.05) is 40.9 Å². The van der Waals surface area contributed by atoms with Crippen molar-refractivity contribution in [3.63, 3.8) is 0 Å². The Morgan fingerprint density at radius 3 is 1.38 bits per heavy atom. The van der Waals surface area contributed by atoms with Crippen LogP contribution in [0.3, 0.4) is 0 Å². The second-order valence-corrected chi connectivity index (χ2v) is 20.0. The van der Waals surface area contributed by atoms with Crippen molar-refractivity contribution in [2.24, 2.45) is 0 Å². The van der Waals surface area contributed by atoms with Gasteiger partial charge in [0, 0.05) is 6.42 Å². The van der Waals surface area contributed by atoms with Gasteiger partial charge in [-0.05, 0) is 70.6 Å². The zero-order valence-corrected chi connectivity index (χ0v) is 42.9. The highest BCUT2D eigenvalue weighted by Gasteiger charge is 2.27. The highest BCUT2D eigenvalue weighted by Crippen LogP contribution is 2.43. The van der Waals surface area contributed by atoms with Crippen LogP contribution in [0.25, 0.3) is 0 Å². The molecular formula is C55H100N2O6P+. The van der Waals surface area contributed by atoms with Gasteiger partial charge in [0.15, 0.2) is 0 Å². The molecule has 8 nitrogen and oxygen atoms in total. The van der Waals surface area contributed by atoms with Crippen LogP contribution in [-0.2, 0) is 18.4 Å². The Morgan fingerprint density at radius 1 is 0.547 bits per heavy atom. The van der Waals surface area contributed by atoms with Crippen LogP contribution in [0.15, 0.2) is 85.1 Å². The largest absolute Gasteiger partial charge is 0.472 e. The summed E-state index contributed by atoms with van der Waals surface area (Å²) in [5.41, 5.74) is 0. The van der Waals surface area contributed by atoms with Gasteiger partial charge in [0.2, 0.25) is 5.91 Å². The number of aliphatic hydroxyl groups is 1. The molecule has 0 fully saturated rings. The number of carbonyl (C=O) groups excluding carboxylic acids is 1. The second kappa shape index (κ2) is 45.8. The predicted octanol–water partition coefficient (Wildman–Crippen LogP) is 15.3. The molecule has 64 heavy (non-hydrogen) atoms. The first-order valence-corrected chi connectivity index (χ1v) is 27.5. The molecule has 0 bridgehead atoms. The minimum absolute atomic E-state index is 0.0486. The predicted molar refractivity (Wildman–Crippen MR) is 276 cm³/mol. The van der Waals surface area contributed by atoms with Crippen molar-refractivity contribution < 1.29 is 32.9 Å². The highest BCUT2D eigenvalue weighted by molar-refractivity contribution is 7.47. The highest BCUT2D eigenvalue weighted by atomic mass is 31.2. The molecule has 3 N–H and O–H groups in total. The lowest BCUT2D eigenvalue weighted by molar-refractivity contribution is -0.870. The summed E-state index contributed by atoms with van der Waals surface area (Å²) in [4.78, 5) is 23.2. The van der Waals surface area contributed by atoms with Crippen LogP contribution in [0.2, 0.25) is 0 Å². The van der Waals surface area contributed by atoms with Gasteiger partial charge in [0.25, 0.3) is 0 Å². The van der Waals surface area contributed by atoms with Crippen LogP contribution >= 0.6 is 7.82 Å². The lowest BCUT2D eigenvalue weighted by atomic mass is 10.0. The molecule has 0 rings (SSSR count).